The van der Waals surface area contributed by atoms with E-state index in [2.05, 4.69) is 16.1 Å². The van der Waals surface area contributed by atoms with Gasteiger partial charge in [0.1, 0.15) is 13.2 Å². The summed E-state index contributed by atoms with van der Waals surface area (Å²) in [5, 5.41) is 4.72. The van der Waals surface area contributed by atoms with Crippen molar-refractivity contribution in [2.45, 2.75) is 19.4 Å². The number of nitrogens with zero attached hydrogens (tertiary/aromatic N) is 5. The van der Waals surface area contributed by atoms with Crippen molar-refractivity contribution in [2.24, 2.45) is 20.0 Å². The van der Waals surface area contributed by atoms with E-state index >= 15 is 0 Å². The lowest BCUT2D eigenvalue weighted by atomic mass is 9.93. The van der Waals surface area contributed by atoms with Crippen LogP contribution in [0.3, 0.4) is 0 Å². The predicted octanol–water partition coefficient (Wildman–Crippen LogP) is 2.69. The van der Waals surface area contributed by atoms with Gasteiger partial charge in [-0.1, -0.05) is 0 Å². The minimum Gasteiger partial charge on any atom is -0.486 e. The van der Waals surface area contributed by atoms with Gasteiger partial charge in [-0.3, -0.25) is 14.4 Å². The van der Waals surface area contributed by atoms with Crippen LogP contribution in [0.5, 0.6) is 11.5 Å². The Hall–Kier alpha value is -3.13. The number of hydrogen-bond donors (Lipinski definition) is 0. The molecule has 0 amide bonds. The predicted molar refractivity (Wildman–Crippen MR) is 115 cm³/mol. The molecule has 0 aliphatic carbocycles. The number of hydrogen-bond acceptors (Lipinski definition) is 6. The van der Waals surface area contributed by atoms with Gasteiger partial charge in [-0.15, -0.1) is 0 Å². The first-order chi connectivity index (χ1) is 15.1. The molecular weight excluding hydrogens is 394 g/mol. The Morgan fingerprint density at radius 2 is 2.03 bits per heavy atom. The van der Waals surface area contributed by atoms with Gasteiger partial charge in [0.25, 0.3) is 0 Å². The minimum absolute atomic E-state index is 0.0238. The molecule has 1 aromatic carbocycles. The maximum atomic E-state index is 13.0. The lowest BCUT2D eigenvalue weighted by molar-refractivity contribution is 0.0798. The van der Waals surface area contributed by atoms with Crippen molar-refractivity contribution < 1.29 is 14.3 Å². The average molecular weight is 422 g/mol. The van der Waals surface area contributed by atoms with Crippen LogP contribution in [0, 0.1) is 5.92 Å². The summed E-state index contributed by atoms with van der Waals surface area (Å²) in [5.74, 6) is 2.20. The summed E-state index contributed by atoms with van der Waals surface area (Å²) < 4.78 is 15.1. The fourth-order valence-corrected chi connectivity index (χ4v) is 4.53. The smallest absolute Gasteiger partial charge is 0.202 e. The van der Waals surface area contributed by atoms with Crippen molar-refractivity contribution in [3.05, 3.63) is 48.2 Å². The van der Waals surface area contributed by atoms with Crippen LogP contribution in [0.4, 0.5) is 0 Å². The Morgan fingerprint density at radius 1 is 1.19 bits per heavy atom. The highest BCUT2D eigenvalue weighted by molar-refractivity contribution is 5.95. The molecule has 0 bridgehead atoms. The Labute approximate surface area is 181 Å². The zero-order valence-electron chi connectivity index (χ0n) is 18.0. The van der Waals surface area contributed by atoms with Gasteiger partial charge in [0, 0.05) is 62.8 Å². The third kappa shape index (κ3) is 3.95. The maximum absolute atomic E-state index is 13.0. The number of imidazole rings is 1. The molecule has 4 heterocycles. The third-order valence-corrected chi connectivity index (χ3v) is 6.03. The van der Waals surface area contributed by atoms with Crippen molar-refractivity contribution in [3.8, 4) is 22.8 Å². The first-order valence-corrected chi connectivity index (χ1v) is 10.7. The second-order valence-corrected chi connectivity index (χ2v) is 8.34. The number of ketones is 1. The molecule has 0 radical (unpaired) electrons. The lowest BCUT2D eigenvalue weighted by Crippen LogP contribution is -2.38. The zero-order chi connectivity index (χ0) is 21.4. The molecule has 1 fully saturated rings. The Balaban J connectivity index is 1.35. The highest BCUT2D eigenvalue weighted by Gasteiger charge is 2.29. The number of Topliss-reactive ketones (excluding diaryl/α,β-unsaturated/α-hetero) is 1. The van der Waals surface area contributed by atoms with Gasteiger partial charge in [-0.2, -0.15) is 5.10 Å². The molecule has 2 aliphatic heterocycles. The molecule has 3 aromatic rings. The fourth-order valence-electron chi connectivity index (χ4n) is 4.53. The molecule has 8 heteroatoms. The molecular formula is C23H27N5O3. The topological polar surface area (TPSA) is 74.4 Å². The normalized spacial score (nSPS) is 18.8. The van der Waals surface area contributed by atoms with E-state index in [1.54, 1.807) is 6.20 Å². The summed E-state index contributed by atoms with van der Waals surface area (Å²) in [6.45, 7) is 3.60. The van der Waals surface area contributed by atoms with Crippen LogP contribution >= 0.6 is 0 Å². The molecule has 5 rings (SSSR count). The molecule has 2 aliphatic rings. The molecule has 0 N–H and O–H groups in total. The zero-order valence-corrected chi connectivity index (χ0v) is 18.0. The van der Waals surface area contributed by atoms with Crippen LogP contribution in [-0.4, -0.2) is 56.3 Å². The summed E-state index contributed by atoms with van der Waals surface area (Å²) in [5.41, 5.74) is 3.10. The van der Waals surface area contributed by atoms with Gasteiger partial charge in [0.15, 0.2) is 17.3 Å². The number of aromatic nitrogens is 4. The monoisotopic (exact) mass is 421 g/mol. The largest absolute Gasteiger partial charge is 0.486 e. The number of carbonyl (C=O) groups excluding carboxylic acids is 1. The highest BCUT2D eigenvalue weighted by atomic mass is 16.6. The van der Waals surface area contributed by atoms with Crippen molar-refractivity contribution in [1.82, 2.24) is 24.2 Å². The van der Waals surface area contributed by atoms with Gasteiger partial charge in [-0.25, -0.2) is 4.98 Å². The first-order valence-electron chi connectivity index (χ1n) is 10.7. The van der Waals surface area contributed by atoms with Crippen LogP contribution in [0.15, 0.2) is 36.8 Å². The number of piperidine rings is 1. The molecule has 1 atom stereocenters. The van der Waals surface area contributed by atoms with Crippen molar-refractivity contribution in [1.29, 1.82) is 0 Å². The molecule has 8 nitrogen and oxygen atoms in total. The van der Waals surface area contributed by atoms with Gasteiger partial charge < -0.3 is 14.0 Å². The number of ether oxygens (including phenoxy) is 2. The van der Waals surface area contributed by atoms with Crippen molar-refractivity contribution in [2.75, 3.05) is 26.3 Å². The second kappa shape index (κ2) is 8.19. The third-order valence-electron chi connectivity index (χ3n) is 6.03. The van der Waals surface area contributed by atoms with E-state index in [0.29, 0.717) is 19.0 Å². The molecule has 1 saturated heterocycles. The number of fused-ring (bicyclic) bond motifs is 1. The quantitative estimate of drug-likeness (QED) is 0.590. The second-order valence-electron chi connectivity index (χ2n) is 8.34. The Kier molecular flexibility index (Phi) is 5.23. The molecule has 31 heavy (non-hydrogen) atoms. The fraction of sp³-hybridized carbons (Fsp3) is 0.435. The van der Waals surface area contributed by atoms with Crippen LogP contribution in [0.25, 0.3) is 11.3 Å². The van der Waals surface area contributed by atoms with E-state index in [0.717, 1.165) is 60.8 Å². The van der Waals surface area contributed by atoms with E-state index < -0.39 is 0 Å². The lowest BCUT2D eigenvalue weighted by Gasteiger charge is -2.31. The van der Waals surface area contributed by atoms with E-state index in [1.165, 1.54) is 0 Å². The maximum Gasteiger partial charge on any atom is 0.202 e. The van der Waals surface area contributed by atoms with E-state index in [4.69, 9.17) is 14.6 Å². The van der Waals surface area contributed by atoms with Gasteiger partial charge in [0.2, 0.25) is 5.78 Å². The number of carbonyl (C=O) groups is 1. The SMILES string of the molecule is Cn1cc(CN2CCCC(C(=O)c3nccn3C)C2)c(-c2ccc3c(c2)OCCO3)n1. The molecule has 0 spiro atoms. The Morgan fingerprint density at radius 3 is 2.84 bits per heavy atom. The number of likely N-dealkylation sites (tertiary alicyclic amines) is 1. The van der Waals surface area contributed by atoms with Gasteiger partial charge in [-0.05, 0) is 37.6 Å². The highest BCUT2D eigenvalue weighted by Crippen LogP contribution is 2.35. The van der Waals surface area contributed by atoms with E-state index in [1.807, 2.05) is 47.7 Å². The van der Waals surface area contributed by atoms with Crippen LogP contribution < -0.4 is 9.47 Å². The standard InChI is InChI=1S/C23H27N5O3/c1-26-9-7-24-23(26)22(29)17-4-3-8-28(14-17)15-18-13-27(2)25-21(18)16-5-6-19-20(12-16)31-11-10-30-19/h5-7,9,12-13,17H,3-4,8,10-11,14-15H2,1-2H3. The van der Waals surface area contributed by atoms with Crippen LogP contribution in [-0.2, 0) is 20.6 Å². The first kappa shape index (κ1) is 19.8. The summed E-state index contributed by atoms with van der Waals surface area (Å²) >= 11 is 0. The van der Waals surface area contributed by atoms with Crippen molar-refractivity contribution >= 4 is 5.78 Å². The van der Waals surface area contributed by atoms with Crippen LogP contribution in [0.1, 0.15) is 29.0 Å². The molecule has 0 saturated carbocycles. The summed E-state index contributed by atoms with van der Waals surface area (Å²) in [6, 6.07) is 5.98. The molecule has 2 aromatic heterocycles. The molecule has 1 unspecified atom stereocenters. The summed E-state index contributed by atoms with van der Waals surface area (Å²) in [7, 11) is 3.81. The average Bonchev–Trinajstić information content (AvgIpc) is 3.38. The minimum atomic E-state index is -0.0238. The number of aryl methyl sites for hydroxylation is 2. The van der Waals surface area contributed by atoms with Crippen LogP contribution in [0.2, 0.25) is 0 Å². The summed E-state index contributed by atoms with van der Waals surface area (Å²) in [6.07, 6.45) is 7.48. The number of benzene rings is 1. The van der Waals surface area contributed by atoms with Gasteiger partial charge >= 0.3 is 0 Å². The Bertz CT molecular complexity index is 1100. The molecule has 162 valence electrons. The van der Waals surface area contributed by atoms with E-state index in [9.17, 15) is 4.79 Å². The van der Waals surface area contributed by atoms with Gasteiger partial charge in [0.05, 0.1) is 5.69 Å². The summed E-state index contributed by atoms with van der Waals surface area (Å²) in [4.78, 5) is 19.6. The van der Waals surface area contributed by atoms with Crippen molar-refractivity contribution in [3.63, 3.8) is 0 Å². The van der Waals surface area contributed by atoms with E-state index in [-0.39, 0.29) is 11.7 Å². The number of rotatable bonds is 5.